The lowest BCUT2D eigenvalue weighted by molar-refractivity contribution is -0.274. The Morgan fingerprint density at radius 3 is 2.48 bits per heavy atom. The third-order valence-corrected chi connectivity index (χ3v) is 11.2. The second kappa shape index (κ2) is 18.0. The molecule has 2 aromatic heterocycles. The fourth-order valence-electron chi connectivity index (χ4n) is 8.23. The molecule has 2 aromatic carbocycles. The van der Waals surface area contributed by atoms with E-state index in [1.807, 2.05) is 0 Å². The zero-order valence-electron chi connectivity index (χ0n) is 34.1. The lowest BCUT2D eigenvalue weighted by atomic mass is 9.93. The number of piperazine rings is 1. The summed E-state index contributed by atoms with van der Waals surface area (Å²) in [6, 6.07) is 8.21. The fourth-order valence-corrected chi connectivity index (χ4v) is 8.23. The number of benzene rings is 2. The van der Waals surface area contributed by atoms with Gasteiger partial charge in [0.15, 0.2) is 11.4 Å². The quantitative estimate of drug-likeness (QED) is 0.0936. The monoisotopic (exact) mass is 875 g/mol. The largest absolute Gasteiger partial charge is 0.573 e. The van der Waals surface area contributed by atoms with E-state index in [-0.39, 0.29) is 41.3 Å². The van der Waals surface area contributed by atoms with Crippen LogP contribution in [0.3, 0.4) is 0 Å². The van der Waals surface area contributed by atoms with E-state index < -0.39 is 47.7 Å². The van der Waals surface area contributed by atoms with E-state index >= 15 is 0 Å². The summed E-state index contributed by atoms with van der Waals surface area (Å²) in [7, 11) is 1.67. The van der Waals surface area contributed by atoms with Crippen molar-refractivity contribution in [2.45, 2.75) is 38.1 Å². The first-order valence-electron chi connectivity index (χ1n) is 20.4. The average Bonchev–Trinajstić information content (AvgIpc) is 3.73. The molecule has 1 aliphatic carbocycles. The standard InChI is InChI=1S/C41H44F3N11O8/c1-52-35-26(34(51-52)36(45)57)7-5-23-22-47-40(50-33(23)35)48-28-21-24(6-9-30(28)63-41(42,43)44)54-14-12-53(13-15-54)16-18-62-20-19-61-17-11-46-27-4-2-3-25-32(27)39(60)55(38(25)59)29-8-10-31(56)49-37(29)58/h2-4,6,9,21-22,29,46H,5,7-8,10-20H2,1H3,(H2,45,57)(H,47,48,50)(H,49,56,58). The van der Waals surface area contributed by atoms with E-state index in [4.69, 9.17) is 15.2 Å². The lowest BCUT2D eigenvalue weighted by Crippen LogP contribution is -2.54. The van der Waals surface area contributed by atoms with Gasteiger partial charge in [-0.15, -0.1) is 13.2 Å². The molecular formula is C41H44F3N11O8. The molecule has 63 heavy (non-hydrogen) atoms. The Kier molecular flexibility index (Phi) is 12.3. The van der Waals surface area contributed by atoms with Crippen LogP contribution in [0.4, 0.5) is 36.2 Å². The number of fused-ring (bicyclic) bond motifs is 4. The number of nitrogens with two attached hydrogens (primary N) is 1. The van der Waals surface area contributed by atoms with Gasteiger partial charge in [0, 0.05) is 75.9 Å². The van der Waals surface area contributed by atoms with Gasteiger partial charge in [-0.05, 0) is 55.2 Å². The van der Waals surface area contributed by atoms with Gasteiger partial charge in [-0.2, -0.15) is 5.10 Å². The van der Waals surface area contributed by atoms with Gasteiger partial charge in [-0.25, -0.2) is 9.97 Å². The first kappa shape index (κ1) is 43.0. The maximum atomic E-state index is 13.5. The number of ether oxygens (including phenoxy) is 3. The molecule has 0 spiro atoms. The van der Waals surface area contributed by atoms with Crippen molar-refractivity contribution in [3.8, 4) is 17.1 Å². The first-order valence-corrected chi connectivity index (χ1v) is 20.4. The number of carbonyl (C=O) groups excluding carboxylic acids is 5. The van der Waals surface area contributed by atoms with Crippen LogP contribution < -0.4 is 31.3 Å². The van der Waals surface area contributed by atoms with Gasteiger partial charge in [-0.1, -0.05) is 6.07 Å². The van der Waals surface area contributed by atoms with Crippen LogP contribution >= 0.6 is 0 Å². The number of alkyl halides is 3. The molecule has 0 bridgehead atoms. The summed E-state index contributed by atoms with van der Waals surface area (Å²) >= 11 is 0. The van der Waals surface area contributed by atoms with Crippen molar-refractivity contribution in [1.82, 2.24) is 34.9 Å². The van der Waals surface area contributed by atoms with E-state index in [0.717, 1.165) is 10.5 Å². The molecule has 8 rings (SSSR count). The van der Waals surface area contributed by atoms with E-state index in [1.165, 1.54) is 16.8 Å². The molecule has 1 unspecified atom stereocenters. The maximum absolute atomic E-state index is 13.5. The van der Waals surface area contributed by atoms with Crippen molar-refractivity contribution in [2.24, 2.45) is 12.8 Å². The fraction of sp³-hybridized carbons (Fsp3) is 0.415. The van der Waals surface area contributed by atoms with Crippen molar-refractivity contribution >= 4 is 52.5 Å². The number of aromatic nitrogens is 4. The number of nitrogens with one attached hydrogen (secondary N) is 3. The number of primary amides is 1. The zero-order chi connectivity index (χ0) is 44.4. The number of aryl methyl sites for hydroxylation is 2. The van der Waals surface area contributed by atoms with E-state index in [9.17, 15) is 37.1 Å². The second-order valence-corrected chi connectivity index (χ2v) is 15.2. The van der Waals surface area contributed by atoms with Crippen LogP contribution in [0.25, 0.3) is 11.4 Å². The molecule has 4 aromatic rings. The van der Waals surface area contributed by atoms with Crippen LogP contribution in [0.15, 0.2) is 42.6 Å². The highest BCUT2D eigenvalue weighted by molar-refractivity contribution is 6.25. The summed E-state index contributed by atoms with van der Waals surface area (Å²) in [6.07, 6.45) is -2.18. The van der Waals surface area contributed by atoms with Gasteiger partial charge in [0.05, 0.1) is 54.6 Å². The number of carbonyl (C=O) groups is 5. The highest BCUT2D eigenvalue weighted by Gasteiger charge is 2.45. The average molecular weight is 876 g/mol. The highest BCUT2D eigenvalue weighted by Crippen LogP contribution is 2.38. The maximum Gasteiger partial charge on any atom is 0.573 e. The number of nitrogens with zero attached hydrogens (tertiary/aromatic N) is 7. The Labute approximate surface area is 358 Å². The van der Waals surface area contributed by atoms with Crippen LogP contribution in [-0.2, 0) is 39.0 Å². The van der Waals surface area contributed by atoms with Gasteiger partial charge in [0.2, 0.25) is 17.8 Å². The van der Waals surface area contributed by atoms with Crippen molar-refractivity contribution in [3.05, 3.63) is 70.5 Å². The van der Waals surface area contributed by atoms with Gasteiger partial charge >= 0.3 is 6.36 Å². The van der Waals surface area contributed by atoms with E-state index in [0.29, 0.717) is 107 Å². The van der Waals surface area contributed by atoms with Gasteiger partial charge in [0.1, 0.15) is 6.04 Å². The second-order valence-electron chi connectivity index (χ2n) is 15.2. The molecule has 3 aliphatic heterocycles. The number of rotatable bonds is 16. The summed E-state index contributed by atoms with van der Waals surface area (Å²) in [6.45, 7) is 5.01. The molecule has 4 aliphatic rings. The Bertz CT molecular complexity index is 2450. The molecule has 2 saturated heterocycles. The Hall–Kier alpha value is -6.65. The minimum atomic E-state index is -4.94. The number of hydrogen-bond donors (Lipinski definition) is 4. The predicted molar refractivity (Wildman–Crippen MR) is 218 cm³/mol. The van der Waals surface area contributed by atoms with E-state index in [1.54, 1.807) is 37.5 Å². The summed E-state index contributed by atoms with van der Waals surface area (Å²) in [4.78, 5) is 76.5. The molecule has 5 heterocycles. The third-order valence-electron chi connectivity index (χ3n) is 11.2. The van der Waals surface area contributed by atoms with Crippen molar-refractivity contribution in [3.63, 3.8) is 0 Å². The molecule has 22 heteroatoms. The van der Waals surface area contributed by atoms with Gasteiger partial charge in [-0.3, -0.25) is 43.8 Å². The number of imide groups is 2. The molecule has 19 nitrogen and oxygen atoms in total. The number of halogens is 3. The minimum Gasteiger partial charge on any atom is -0.404 e. The smallest absolute Gasteiger partial charge is 0.404 e. The van der Waals surface area contributed by atoms with Gasteiger partial charge in [0.25, 0.3) is 17.7 Å². The van der Waals surface area contributed by atoms with Crippen LogP contribution in [0.2, 0.25) is 0 Å². The topological polar surface area (TPSA) is 228 Å². The molecule has 0 saturated carbocycles. The van der Waals surface area contributed by atoms with E-state index in [2.05, 4.69) is 45.6 Å². The van der Waals surface area contributed by atoms with Crippen molar-refractivity contribution < 1.29 is 51.4 Å². The third kappa shape index (κ3) is 9.27. The zero-order valence-corrected chi connectivity index (χ0v) is 34.1. The first-order chi connectivity index (χ1) is 30.3. The number of hydrogen-bond acceptors (Lipinski definition) is 15. The summed E-state index contributed by atoms with van der Waals surface area (Å²) < 4.78 is 57.8. The molecule has 2 fully saturated rings. The molecular weight excluding hydrogens is 832 g/mol. The summed E-state index contributed by atoms with van der Waals surface area (Å²) in [5.41, 5.74) is 9.75. The van der Waals surface area contributed by atoms with Crippen molar-refractivity contribution in [1.29, 1.82) is 0 Å². The normalized spacial score (nSPS) is 17.6. The lowest BCUT2D eigenvalue weighted by Gasteiger charge is -2.36. The Balaban J connectivity index is 0.781. The Morgan fingerprint density at radius 2 is 1.73 bits per heavy atom. The molecule has 332 valence electrons. The Morgan fingerprint density at radius 1 is 0.952 bits per heavy atom. The number of amides is 5. The van der Waals surface area contributed by atoms with Crippen LogP contribution in [-0.4, -0.2) is 137 Å². The molecule has 1 atom stereocenters. The highest BCUT2D eigenvalue weighted by atomic mass is 19.4. The van der Waals surface area contributed by atoms with Crippen LogP contribution in [0.1, 0.15) is 55.2 Å². The van der Waals surface area contributed by atoms with Crippen LogP contribution in [0, 0.1) is 0 Å². The van der Waals surface area contributed by atoms with Gasteiger partial charge < -0.3 is 35.5 Å². The van der Waals surface area contributed by atoms with Crippen LogP contribution in [0.5, 0.6) is 5.75 Å². The number of piperidine rings is 1. The van der Waals surface area contributed by atoms with Crippen molar-refractivity contribution in [2.75, 3.05) is 81.2 Å². The molecule has 0 radical (unpaired) electrons. The predicted octanol–water partition coefficient (Wildman–Crippen LogP) is 2.39. The SMILES string of the molecule is Cn1nc(C(N)=O)c2c1-c1nc(Nc3cc(N4CCN(CCOCCOCCNc5cccc6c5C(=O)N(C5CCC(=O)NC5=O)C6=O)CC4)ccc3OC(F)(F)F)ncc1CC2. The minimum absolute atomic E-state index is 0.0194. The summed E-state index contributed by atoms with van der Waals surface area (Å²) in [5, 5.41) is 12.5. The summed E-state index contributed by atoms with van der Waals surface area (Å²) in [5.74, 6) is -3.35. The molecule has 5 amide bonds. The molecule has 5 N–H and O–H groups in total. The number of anilines is 4.